The largest absolute Gasteiger partial charge is 0.474 e. The third-order valence-electron chi connectivity index (χ3n) is 7.53. The van der Waals surface area contributed by atoms with Crippen LogP contribution in [-0.4, -0.2) is 57.9 Å². The van der Waals surface area contributed by atoms with E-state index in [2.05, 4.69) is 82.6 Å². The van der Waals surface area contributed by atoms with Crippen molar-refractivity contribution in [2.24, 2.45) is 0 Å². The molecule has 0 unspecified atom stereocenters. The molecule has 3 aromatic heterocycles. The first-order valence-electron chi connectivity index (χ1n) is 11.9. The van der Waals surface area contributed by atoms with Crippen molar-refractivity contribution in [2.75, 3.05) is 32.6 Å². The number of aromatic amines is 1. The molecule has 7 nitrogen and oxygen atoms in total. The van der Waals surface area contributed by atoms with Crippen molar-refractivity contribution in [3.8, 4) is 28.3 Å². The second-order valence-electron chi connectivity index (χ2n) is 9.93. The lowest BCUT2D eigenvalue weighted by Crippen LogP contribution is -2.32. The Hall–Kier alpha value is -3.45. The first-order valence-corrected chi connectivity index (χ1v) is 11.9. The maximum Gasteiger partial charge on any atom is 0.237 e. The fourth-order valence-electron chi connectivity index (χ4n) is 5.15. The molecule has 0 atom stereocenters. The van der Waals surface area contributed by atoms with Gasteiger partial charge in [0.15, 0.2) is 5.65 Å². The fourth-order valence-corrected chi connectivity index (χ4v) is 5.15. The molecule has 174 valence electrons. The van der Waals surface area contributed by atoms with Crippen molar-refractivity contribution in [3.05, 3.63) is 53.3 Å². The molecule has 1 aliphatic heterocycles. The zero-order valence-corrected chi connectivity index (χ0v) is 20.2. The lowest BCUT2D eigenvalue weighted by Gasteiger charge is -2.25. The maximum atomic E-state index is 5.63. The summed E-state index contributed by atoms with van der Waals surface area (Å²) in [5, 5.41) is 13.4. The van der Waals surface area contributed by atoms with Gasteiger partial charge in [-0.05, 0) is 88.2 Å². The summed E-state index contributed by atoms with van der Waals surface area (Å²) in [5.74, 6) is 0.656. The van der Waals surface area contributed by atoms with Crippen molar-refractivity contribution in [3.63, 3.8) is 0 Å². The summed E-state index contributed by atoms with van der Waals surface area (Å²) in [6.45, 7) is 5.86. The second-order valence-corrected chi connectivity index (χ2v) is 9.93. The van der Waals surface area contributed by atoms with Crippen molar-refractivity contribution >= 4 is 16.7 Å². The number of pyridine rings is 1. The smallest absolute Gasteiger partial charge is 0.237 e. The number of anilines is 1. The van der Waals surface area contributed by atoms with E-state index in [4.69, 9.17) is 4.74 Å². The number of likely N-dealkylation sites (N-methyl/N-ethyl adjacent to an activating group) is 1. The molecule has 0 spiro atoms. The van der Waals surface area contributed by atoms with E-state index >= 15 is 0 Å². The lowest BCUT2D eigenvalue weighted by atomic mass is 9.91. The SMILES string of the molecule is Cc1cc(-c2cc3c(-c4cnc5c(c4)NCCO5)c[nH]c3nn2)cc(C)c1CC1(N(C)C)CC1. The van der Waals surface area contributed by atoms with Gasteiger partial charge in [-0.2, -0.15) is 0 Å². The van der Waals surface area contributed by atoms with Crippen LogP contribution in [0.2, 0.25) is 0 Å². The molecule has 1 aliphatic carbocycles. The zero-order valence-electron chi connectivity index (χ0n) is 20.2. The molecular formula is C27H30N6O. The van der Waals surface area contributed by atoms with Gasteiger partial charge in [0, 0.05) is 46.6 Å². The molecule has 6 rings (SSSR count). The molecule has 34 heavy (non-hydrogen) atoms. The average Bonchev–Trinajstić information content (AvgIpc) is 3.52. The molecule has 1 fully saturated rings. The number of aromatic nitrogens is 4. The number of nitrogens with one attached hydrogen (secondary N) is 2. The minimum absolute atomic E-state index is 0.332. The van der Waals surface area contributed by atoms with Gasteiger partial charge in [0.25, 0.3) is 0 Å². The number of ether oxygens (including phenoxy) is 1. The number of fused-ring (bicyclic) bond motifs is 2. The topological polar surface area (TPSA) is 79.0 Å². The third-order valence-corrected chi connectivity index (χ3v) is 7.53. The highest BCUT2D eigenvalue weighted by molar-refractivity contribution is 5.95. The van der Waals surface area contributed by atoms with Crippen LogP contribution < -0.4 is 10.1 Å². The van der Waals surface area contributed by atoms with Gasteiger partial charge in [0.1, 0.15) is 6.61 Å². The predicted octanol–water partition coefficient (Wildman–Crippen LogP) is 4.74. The van der Waals surface area contributed by atoms with Crippen LogP contribution in [0, 0.1) is 13.8 Å². The van der Waals surface area contributed by atoms with Crippen LogP contribution in [0.3, 0.4) is 0 Å². The van der Waals surface area contributed by atoms with E-state index in [0.29, 0.717) is 18.0 Å². The first-order chi connectivity index (χ1) is 16.4. The quantitative estimate of drug-likeness (QED) is 0.453. The van der Waals surface area contributed by atoms with Gasteiger partial charge in [-0.25, -0.2) is 4.98 Å². The summed E-state index contributed by atoms with van der Waals surface area (Å²) in [4.78, 5) is 10.2. The van der Waals surface area contributed by atoms with Crippen LogP contribution in [0.1, 0.15) is 29.5 Å². The molecule has 0 saturated heterocycles. The van der Waals surface area contributed by atoms with Crippen molar-refractivity contribution in [2.45, 2.75) is 38.6 Å². The van der Waals surface area contributed by atoms with E-state index in [9.17, 15) is 0 Å². The first kappa shape index (κ1) is 21.1. The Morgan fingerprint density at radius 1 is 1.03 bits per heavy atom. The van der Waals surface area contributed by atoms with Crippen molar-refractivity contribution in [1.82, 2.24) is 25.1 Å². The molecule has 4 heterocycles. The highest BCUT2D eigenvalue weighted by Crippen LogP contribution is 2.44. The molecule has 2 N–H and O–H groups in total. The predicted molar refractivity (Wildman–Crippen MR) is 135 cm³/mol. The Balaban J connectivity index is 1.37. The molecule has 4 aromatic rings. The molecular weight excluding hydrogens is 424 g/mol. The Morgan fingerprint density at radius 2 is 1.82 bits per heavy atom. The number of hydrogen-bond donors (Lipinski definition) is 2. The molecule has 0 amide bonds. The molecule has 7 heteroatoms. The fraction of sp³-hybridized carbons (Fsp3) is 0.370. The lowest BCUT2D eigenvalue weighted by molar-refractivity contribution is 0.269. The summed E-state index contributed by atoms with van der Waals surface area (Å²) >= 11 is 0. The van der Waals surface area contributed by atoms with Crippen LogP contribution in [0.5, 0.6) is 5.88 Å². The number of hydrogen-bond acceptors (Lipinski definition) is 6. The van der Waals surface area contributed by atoms with Crippen LogP contribution in [0.15, 0.2) is 36.7 Å². The summed E-state index contributed by atoms with van der Waals surface area (Å²) < 4.78 is 5.63. The van der Waals surface area contributed by atoms with Crippen LogP contribution in [0.4, 0.5) is 5.69 Å². The molecule has 2 aliphatic rings. The van der Waals surface area contributed by atoms with Crippen LogP contribution in [0.25, 0.3) is 33.4 Å². The van der Waals surface area contributed by atoms with Gasteiger partial charge in [0.2, 0.25) is 5.88 Å². The monoisotopic (exact) mass is 454 g/mol. The minimum Gasteiger partial charge on any atom is -0.474 e. The summed E-state index contributed by atoms with van der Waals surface area (Å²) in [5.41, 5.74) is 10.2. The van der Waals surface area contributed by atoms with Crippen LogP contribution in [-0.2, 0) is 6.42 Å². The zero-order chi connectivity index (χ0) is 23.4. The normalized spacial score (nSPS) is 16.3. The number of nitrogens with zero attached hydrogens (tertiary/aromatic N) is 4. The number of aryl methyl sites for hydroxylation is 2. The van der Waals surface area contributed by atoms with E-state index < -0.39 is 0 Å². The Labute approximate surface area is 199 Å². The van der Waals surface area contributed by atoms with E-state index in [1.807, 2.05) is 12.4 Å². The van der Waals surface area contributed by atoms with E-state index in [-0.39, 0.29) is 0 Å². The minimum atomic E-state index is 0.332. The van der Waals surface area contributed by atoms with Gasteiger partial charge in [0.05, 0.1) is 11.4 Å². The van der Waals surface area contributed by atoms with Gasteiger partial charge in [-0.15, -0.1) is 10.2 Å². The molecule has 0 radical (unpaired) electrons. The van der Waals surface area contributed by atoms with Gasteiger partial charge >= 0.3 is 0 Å². The standard InChI is InChI=1S/C27H30N6O/c1-16-9-18(10-17(2)21(16)13-27(5-6-27)33(3)4)23-12-20-22(15-29-25(20)32-31-23)19-11-24-26(30-14-19)34-8-7-28-24/h9-12,14-15,28H,5-8,13H2,1-4H3,(H,29,32). The average molecular weight is 455 g/mol. The van der Waals surface area contributed by atoms with Gasteiger partial charge in [-0.1, -0.05) is 0 Å². The van der Waals surface area contributed by atoms with Gasteiger partial charge in [-0.3, -0.25) is 0 Å². The highest BCUT2D eigenvalue weighted by Gasteiger charge is 2.45. The van der Waals surface area contributed by atoms with Crippen molar-refractivity contribution < 1.29 is 4.74 Å². The Morgan fingerprint density at radius 3 is 2.56 bits per heavy atom. The van der Waals surface area contributed by atoms with Crippen molar-refractivity contribution in [1.29, 1.82) is 0 Å². The third kappa shape index (κ3) is 3.51. The Bertz CT molecular complexity index is 1380. The molecule has 1 aromatic carbocycles. The Kier molecular flexibility index (Phi) is 4.85. The van der Waals surface area contributed by atoms with E-state index in [1.165, 1.54) is 29.5 Å². The summed E-state index contributed by atoms with van der Waals surface area (Å²) in [6, 6.07) is 8.75. The summed E-state index contributed by atoms with van der Waals surface area (Å²) in [6.07, 6.45) is 7.49. The summed E-state index contributed by atoms with van der Waals surface area (Å²) in [7, 11) is 4.40. The highest BCUT2D eigenvalue weighted by atomic mass is 16.5. The number of H-pyrrole nitrogens is 1. The van der Waals surface area contributed by atoms with Gasteiger partial charge < -0.3 is 19.9 Å². The molecule has 1 saturated carbocycles. The van der Waals surface area contributed by atoms with Crippen LogP contribution >= 0.6 is 0 Å². The second kappa shape index (κ2) is 7.81. The van der Waals surface area contributed by atoms with E-state index in [0.717, 1.165) is 52.1 Å². The number of benzene rings is 1. The maximum absolute atomic E-state index is 5.63. The molecule has 0 bridgehead atoms. The number of rotatable bonds is 5. The van der Waals surface area contributed by atoms with E-state index in [1.54, 1.807) is 0 Å².